The first-order chi connectivity index (χ1) is 9.74. The molecule has 2 N–H and O–H groups in total. The van der Waals surface area contributed by atoms with Gasteiger partial charge in [0.1, 0.15) is 0 Å². The summed E-state index contributed by atoms with van der Waals surface area (Å²) in [5.74, 6) is 0.0718. The number of hydrogen-bond acceptors (Lipinski definition) is 2. The van der Waals surface area contributed by atoms with E-state index in [1.54, 1.807) is 0 Å². The maximum atomic E-state index is 9.69. The van der Waals surface area contributed by atoms with Crippen LogP contribution in [0.5, 0.6) is 0 Å². The first-order valence-electron chi connectivity index (χ1n) is 6.86. The molecule has 0 aliphatic carbocycles. The van der Waals surface area contributed by atoms with Crippen molar-refractivity contribution >= 4 is 5.69 Å². The van der Waals surface area contributed by atoms with Crippen LogP contribution in [0, 0.1) is 6.92 Å². The van der Waals surface area contributed by atoms with Gasteiger partial charge in [-0.3, -0.25) is 0 Å². The van der Waals surface area contributed by atoms with Crippen LogP contribution in [-0.4, -0.2) is 17.8 Å². The van der Waals surface area contributed by atoms with Crippen molar-refractivity contribution in [1.82, 2.24) is 0 Å². The van der Waals surface area contributed by atoms with Gasteiger partial charge in [-0.1, -0.05) is 54.1 Å². The zero-order valence-corrected chi connectivity index (χ0v) is 11.8. The molecule has 0 saturated heterocycles. The van der Waals surface area contributed by atoms with Crippen molar-refractivity contribution in [1.29, 1.82) is 0 Å². The van der Waals surface area contributed by atoms with Gasteiger partial charge in [0.15, 0.2) is 0 Å². The lowest BCUT2D eigenvalue weighted by Gasteiger charge is -2.25. The maximum Gasteiger partial charge on any atom is 0.0641 e. The Kier molecular flexibility index (Phi) is 4.97. The Bertz CT molecular complexity index is 533. The van der Waals surface area contributed by atoms with Crippen LogP contribution in [0.15, 0.2) is 67.3 Å². The number of aryl methyl sites for hydroxylation is 1. The molecular formula is C18H21NO. The second-order valence-corrected chi connectivity index (χ2v) is 4.97. The number of hydrogen-bond donors (Lipinski definition) is 2. The lowest BCUT2D eigenvalue weighted by Crippen LogP contribution is -2.30. The minimum Gasteiger partial charge on any atom is -0.394 e. The van der Waals surface area contributed by atoms with E-state index >= 15 is 0 Å². The van der Waals surface area contributed by atoms with E-state index in [0.29, 0.717) is 0 Å². The van der Waals surface area contributed by atoms with Crippen LogP contribution >= 0.6 is 0 Å². The Balaban J connectivity index is 2.17. The van der Waals surface area contributed by atoms with Crippen LogP contribution in [0.4, 0.5) is 5.69 Å². The molecule has 0 unspecified atom stereocenters. The SMILES string of the molecule is C=C[C@H](c1ccccc1)[C@H](CO)Nc1ccc(C)cc1. The van der Waals surface area contributed by atoms with Crippen LogP contribution in [0.2, 0.25) is 0 Å². The Morgan fingerprint density at radius 3 is 2.30 bits per heavy atom. The first kappa shape index (κ1) is 14.4. The third-order valence-corrected chi connectivity index (χ3v) is 3.47. The Labute approximate surface area is 120 Å². The first-order valence-corrected chi connectivity index (χ1v) is 6.86. The van der Waals surface area contributed by atoms with Crippen LogP contribution in [0.3, 0.4) is 0 Å². The van der Waals surface area contributed by atoms with Crippen molar-refractivity contribution in [2.75, 3.05) is 11.9 Å². The molecule has 2 heteroatoms. The quantitative estimate of drug-likeness (QED) is 0.781. The fourth-order valence-corrected chi connectivity index (χ4v) is 2.32. The molecule has 0 aromatic heterocycles. The Morgan fingerprint density at radius 1 is 1.10 bits per heavy atom. The van der Waals surface area contributed by atoms with Gasteiger partial charge >= 0.3 is 0 Å². The highest BCUT2D eigenvalue weighted by atomic mass is 16.3. The topological polar surface area (TPSA) is 32.3 Å². The van der Waals surface area contributed by atoms with E-state index in [1.165, 1.54) is 5.56 Å². The summed E-state index contributed by atoms with van der Waals surface area (Å²) in [4.78, 5) is 0. The van der Waals surface area contributed by atoms with Gasteiger partial charge in [-0.15, -0.1) is 6.58 Å². The number of anilines is 1. The monoisotopic (exact) mass is 267 g/mol. The van der Waals surface area contributed by atoms with Gasteiger partial charge in [-0.05, 0) is 24.6 Å². The van der Waals surface area contributed by atoms with E-state index in [4.69, 9.17) is 0 Å². The van der Waals surface area contributed by atoms with Crippen molar-refractivity contribution in [2.24, 2.45) is 0 Å². The molecular weight excluding hydrogens is 246 g/mol. The zero-order chi connectivity index (χ0) is 14.4. The molecule has 2 atom stereocenters. The maximum absolute atomic E-state index is 9.69. The minimum atomic E-state index is -0.0855. The molecule has 2 rings (SSSR count). The number of aliphatic hydroxyl groups excluding tert-OH is 1. The van der Waals surface area contributed by atoms with Gasteiger partial charge in [0.05, 0.1) is 12.6 Å². The molecule has 0 bridgehead atoms. The summed E-state index contributed by atoms with van der Waals surface area (Å²) in [7, 11) is 0. The smallest absolute Gasteiger partial charge is 0.0641 e. The molecule has 0 fully saturated rings. The highest BCUT2D eigenvalue weighted by molar-refractivity contribution is 5.46. The summed E-state index contributed by atoms with van der Waals surface area (Å²) in [6, 6.07) is 18.2. The molecule has 0 amide bonds. The van der Waals surface area contributed by atoms with E-state index in [9.17, 15) is 5.11 Å². The van der Waals surface area contributed by atoms with Crippen molar-refractivity contribution in [3.8, 4) is 0 Å². The molecule has 2 nitrogen and oxygen atoms in total. The second-order valence-electron chi connectivity index (χ2n) is 4.97. The van der Waals surface area contributed by atoms with Crippen LogP contribution < -0.4 is 5.32 Å². The lowest BCUT2D eigenvalue weighted by atomic mass is 9.91. The molecule has 0 saturated carbocycles. The molecule has 0 heterocycles. The van der Waals surface area contributed by atoms with E-state index in [2.05, 4.69) is 43.1 Å². The van der Waals surface area contributed by atoms with E-state index in [0.717, 1.165) is 11.3 Å². The molecule has 0 aliphatic heterocycles. The van der Waals surface area contributed by atoms with Crippen molar-refractivity contribution in [3.63, 3.8) is 0 Å². The third kappa shape index (κ3) is 3.49. The summed E-state index contributed by atoms with van der Waals surface area (Å²) < 4.78 is 0. The fraction of sp³-hybridized carbons (Fsp3) is 0.222. The van der Waals surface area contributed by atoms with Crippen LogP contribution in [0.1, 0.15) is 17.0 Å². The predicted octanol–water partition coefficient (Wildman–Crippen LogP) is 3.74. The molecule has 104 valence electrons. The lowest BCUT2D eigenvalue weighted by molar-refractivity contribution is 0.267. The highest BCUT2D eigenvalue weighted by Crippen LogP contribution is 2.23. The average molecular weight is 267 g/mol. The van der Waals surface area contributed by atoms with E-state index in [1.807, 2.05) is 36.4 Å². The van der Waals surface area contributed by atoms with Crippen molar-refractivity contribution in [3.05, 3.63) is 78.4 Å². The average Bonchev–Trinajstić information content (AvgIpc) is 2.50. The summed E-state index contributed by atoms with van der Waals surface area (Å²) >= 11 is 0. The zero-order valence-electron chi connectivity index (χ0n) is 11.8. The predicted molar refractivity (Wildman–Crippen MR) is 85.1 cm³/mol. The normalized spacial score (nSPS) is 13.5. The number of benzene rings is 2. The number of nitrogens with one attached hydrogen (secondary N) is 1. The third-order valence-electron chi connectivity index (χ3n) is 3.47. The van der Waals surface area contributed by atoms with Gasteiger partial charge in [0, 0.05) is 11.6 Å². The molecule has 0 aliphatic rings. The van der Waals surface area contributed by atoms with Gasteiger partial charge in [0.2, 0.25) is 0 Å². The van der Waals surface area contributed by atoms with Crippen molar-refractivity contribution < 1.29 is 5.11 Å². The van der Waals surface area contributed by atoms with E-state index in [-0.39, 0.29) is 18.6 Å². The second kappa shape index (κ2) is 6.92. The summed E-state index contributed by atoms with van der Waals surface area (Å²) in [6.07, 6.45) is 1.89. The standard InChI is InChI=1S/C18H21NO/c1-3-17(15-7-5-4-6-8-15)18(13-20)19-16-11-9-14(2)10-12-16/h3-12,17-20H,1,13H2,2H3/t17-,18+/m1/s1. The summed E-state index contributed by atoms with van der Waals surface area (Å²) in [6.45, 7) is 6.03. The van der Waals surface area contributed by atoms with Gasteiger partial charge in [0.25, 0.3) is 0 Å². The molecule has 0 spiro atoms. The minimum absolute atomic E-state index is 0.0550. The molecule has 2 aromatic carbocycles. The number of rotatable bonds is 6. The molecule has 20 heavy (non-hydrogen) atoms. The largest absolute Gasteiger partial charge is 0.394 e. The van der Waals surface area contributed by atoms with Crippen molar-refractivity contribution in [2.45, 2.75) is 18.9 Å². The molecule has 2 aromatic rings. The summed E-state index contributed by atoms with van der Waals surface area (Å²) in [5, 5.41) is 13.1. The van der Waals surface area contributed by atoms with Gasteiger partial charge in [-0.25, -0.2) is 0 Å². The summed E-state index contributed by atoms with van der Waals surface area (Å²) in [5.41, 5.74) is 3.39. The van der Waals surface area contributed by atoms with E-state index < -0.39 is 0 Å². The van der Waals surface area contributed by atoms with Crippen LogP contribution in [0.25, 0.3) is 0 Å². The Morgan fingerprint density at radius 2 is 1.75 bits per heavy atom. The fourth-order valence-electron chi connectivity index (χ4n) is 2.32. The van der Waals surface area contributed by atoms with Gasteiger partial charge in [-0.2, -0.15) is 0 Å². The van der Waals surface area contributed by atoms with Crippen LogP contribution in [-0.2, 0) is 0 Å². The van der Waals surface area contributed by atoms with Gasteiger partial charge < -0.3 is 10.4 Å². The molecule has 0 radical (unpaired) electrons. The Hall–Kier alpha value is -2.06. The number of aliphatic hydroxyl groups is 1. The highest BCUT2D eigenvalue weighted by Gasteiger charge is 2.19.